The van der Waals surface area contributed by atoms with Crippen LogP contribution in [-0.4, -0.2) is 23.7 Å². The molecule has 0 rings (SSSR count). The van der Waals surface area contributed by atoms with Crippen molar-refractivity contribution in [3.05, 3.63) is 0 Å². The lowest BCUT2D eigenvalue weighted by Crippen LogP contribution is -2.40. The lowest BCUT2D eigenvalue weighted by molar-refractivity contribution is 0.418. The summed E-state index contributed by atoms with van der Waals surface area (Å²) in [5.74, 6) is 0. The molecule has 0 aliphatic heterocycles. The number of hydrogen-bond acceptors (Lipinski definition) is 2. The Labute approximate surface area is 106 Å². The Bertz CT molecular complexity index is 59.4. The van der Waals surface area contributed by atoms with Gasteiger partial charge in [0.05, 0.1) is 0 Å². The first kappa shape index (κ1) is 18.6. The maximum Gasteiger partial charge on any atom is 0.0142 e. The van der Waals surface area contributed by atoms with Crippen molar-refractivity contribution in [2.24, 2.45) is 16.9 Å². The van der Waals surface area contributed by atoms with Crippen molar-refractivity contribution in [3.63, 3.8) is 0 Å². The fourth-order valence-corrected chi connectivity index (χ4v) is 2.18. The molecule has 0 bridgehead atoms. The first-order valence-corrected chi connectivity index (χ1v) is 5.01. The van der Waals surface area contributed by atoms with Gasteiger partial charge in [0, 0.05) is 29.2 Å². The van der Waals surface area contributed by atoms with E-state index < -0.39 is 0 Å². The highest BCUT2D eigenvalue weighted by Gasteiger charge is 2.23. The molecule has 0 atom stereocenters. The number of halogens is 4. The second kappa shape index (κ2) is 9.92. The molecule has 0 unspecified atom stereocenters. The Morgan fingerprint density at radius 3 is 1.18 bits per heavy atom. The third-order valence-corrected chi connectivity index (χ3v) is 3.81. The highest BCUT2D eigenvalue weighted by molar-refractivity contribution is 9.09. The first-order chi connectivity index (χ1) is 4.24. The second-order valence-electron chi connectivity index (χ2n) is 2.18. The minimum Gasteiger partial charge on any atom is -0.330 e. The average molecular weight is 422 g/mol. The molecule has 0 aromatic heterocycles. The van der Waals surface area contributed by atoms with Crippen LogP contribution in [0.1, 0.15) is 0 Å². The first-order valence-electron chi connectivity index (χ1n) is 2.77. The van der Waals surface area contributed by atoms with Crippen molar-refractivity contribution < 1.29 is 0 Å². The van der Waals surface area contributed by atoms with Gasteiger partial charge in [0.15, 0.2) is 0 Å². The Balaban J connectivity index is -0.000000320. The molecule has 0 aliphatic carbocycles. The molecule has 0 radical (unpaired) electrons. The molecule has 6 heteroatoms. The van der Waals surface area contributed by atoms with Crippen LogP contribution >= 0.6 is 65.8 Å². The van der Waals surface area contributed by atoms with Crippen LogP contribution < -0.4 is 11.5 Å². The van der Waals surface area contributed by atoms with Gasteiger partial charge in [-0.15, -0.1) is 34.0 Å². The van der Waals surface area contributed by atoms with E-state index in [1.165, 1.54) is 0 Å². The molecule has 0 fully saturated rings. The molecule has 4 N–H and O–H groups in total. The Hall–Kier alpha value is 1.84. The van der Waals surface area contributed by atoms with Gasteiger partial charge in [-0.05, 0) is 0 Å². The zero-order chi connectivity index (χ0) is 7.33. The third kappa shape index (κ3) is 5.99. The van der Waals surface area contributed by atoms with Crippen molar-refractivity contribution in [2.45, 2.75) is 0 Å². The van der Waals surface area contributed by atoms with Crippen molar-refractivity contribution >= 4 is 65.8 Å². The lowest BCUT2D eigenvalue weighted by atomic mass is 9.94. The molecule has 0 aliphatic rings. The summed E-state index contributed by atoms with van der Waals surface area (Å²) in [6, 6.07) is 0. The number of rotatable bonds is 4. The SMILES string of the molecule is Br.Br.NCC(CN)(CBr)CBr. The van der Waals surface area contributed by atoms with Crippen LogP contribution in [0.25, 0.3) is 0 Å². The minimum atomic E-state index is 0. The van der Waals surface area contributed by atoms with Gasteiger partial charge in [-0.2, -0.15) is 0 Å². The van der Waals surface area contributed by atoms with Gasteiger partial charge in [0.2, 0.25) is 0 Å². The van der Waals surface area contributed by atoms with Crippen LogP contribution in [-0.2, 0) is 0 Å². The lowest BCUT2D eigenvalue weighted by Gasteiger charge is -2.25. The van der Waals surface area contributed by atoms with Gasteiger partial charge < -0.3 is 11.5 Å². The predicted octanol–water partition coefficient (Wildman–Crippen LogP) is 1.84. The van der Waals surface area contributed by atoms with E-state index in [-0.39, 0.29) is 39.4 Å². The van der Waals surface area contributed by atoms with E-state index in [9.17, 15) is 0 Å². The smallest absolute Gasteiger partial charge is 0.0142 e. The third-order valence-electron chi connectivity index (χ3n) is 1.43. The average Bonchev–Trinajstić information content (AvgIpc) is 1.95. The van der Waals surface area contributed by atoms with Crippen molar-refractivity contribution in [2.75, 3.05) is 23.7 Å². The summed E-state index contributed by atoms with van der Waals surface area (Å²) in [6.45, 7) is 1.25. The van der Waals surface area contributed by atoms with Gasteiger partial charge in [-0.3, -0.25) is 0 Å². The summed E-state index contributed by atoms with van der Waals surface area (Å²) < 4.78 is 0. The summed E-state index contributed by atoms with van der Waals surface area (Å²) in [4.78, 5) is 0. The summed E-state index contributed by atoms with van der Waals surface area (Å²) >= 11 is 6.73. The quantitative estimate of drug-likeness (QED) is 0.681. The molecule has 2 nitrogen and oxygen atoms in total. The predicted molar refractivity (Wildman–Crippen MR) is 68.8 cm³/mol. The van der Waals surface area contributed by atoms with Crippen LogP contribution in [0.5, 0.6) is 0 Å². The molecule has 0 aromatic rings. The van der Waals surface area contributed by atoms with E-state index >= 15 is 0 Å². The van der Waals surface area contributed by atoms with Crippen LogP contribution in [0, 0.1) is 5.41 Å². The molecule has 0 saturated heterocycles. The van der Waals surface area contributed by atoms with Gasteiger partial charge in [0.1, 0.15) is 0 Å². The van der Waals surface area contributed by atoms with Gasteiger partial charge in [-0.25, -0.2) is 0 Å². The zero-order valence-corrected chi connectivity index (χ0v) is 12.7. The standard InChI is InChI=1S/C5H12Br2N2.2BrH/c6-1-5(2-7,3-8)4-9;;/h1-4,8-9H2;2*1H. The van der Waals surface area contributed by atoms with E-state index in [1.807, 2.05) is 0 Å². The highest BCUT2D eigenvalue weighted by atomic mass is 79.9. The molecule has 0 aromatic carbocycles. The maximum atomic E-state index is 5.50. The summed E-state index contributed by atoms with van der Waals surface area (Å²) in [6.07, 6.45) is 0. The molecule has 72 valence electrons. The second-order valence-corrected chi connectivity index (χ2v) is 3.30. The van der Waals surface area contributed by atoms with Crippen LogP contribution in [0.2, 0.25) is 0 Å². The fraction of sp³-hybridized carbons (Fsp3) is 1.00. The maximum absolute atomic E-state index is 5.50. The monoisotopic (exact) mass is 418 g/mol. The molecule has 11 heavy (non-hydrogen) atoms. The zero-order valence-electron chi connectivity index (χ0n) is 6.06. The number of nitrogens with two attached hydrogens (primary N) is 2. The molecule has 0 heterocycles. The van der Waals surface area contributed by atoms with E-state index in [4.69, 9.17) is 11.5 Å². The molecule has 0 saturated carbocycles. The Morgan fingerprint density at radius 1 is 0.909 bits per heavy atom. The summed E-state index contributed by atoms with van der Waals surface area (Å²) in [7, 11) is 0. The molecular formula is C5H14Br4N2. The highest BCUT2D eigenvalue weighted by Crippen LogP contribution is 2.19. The van der Waals surface area contributed by atoms with E-state index in [2.05, 4.69) is 31.9 Å². The van der Waals surface area contributed by atoms with E-state index in [0.29, 0.717) is 13.1 Å². The van der Waals surface area contributed by atoms with Gasteiger partial charge in [0.25, 0.3) is 0 Å². The van der Waals surface area contributed by atoms with Crippen molar-refractivity contribution in [3.8, 4) is 0 Å². The molecular weight excluding hydrogens is 408 g/mol. The van der Waals surface area contributed by atoms with Crippen molar-refractivity contribution in [1.82, 2.24) is 0 Å². The number of alkyl halides is 2. The molecule has 0 amide bonds. The normalized spacial score (nSPS) is 9.82. The topological polar surface area (TPSA) is 52.0 Å². The number of hydrogen-bond donors (Lipinski definition) is 2. The van der Waals surface area contributed by atoms with Crippen LogP contribution in [0.3, 0.4) is 0 Å². The summed E-state index contributed by atoms with van der Waals surface area (Å²) in [5, 5.41) is 1.72. The Kier molecular flexibility index (Phi) is 16.8. The Morgan fingerprint density at radius 2 is 1.18 bits per heavy atom. The van der Waals surface area contributed by atoms with Gasteiger partial charge in [-0.1, -0.05) is 31.9 Å². The van der Waals surface area contributed by atoms with E-state index in [0.717, 1.165) is 10.7 Å². The largest absolute Gasteiger partial charge is 0.330 e. The fourth-order valence-electron chi connectivity index (χ4n) is 0.337. The van der Waals surface area contributed by atoms with Crippen molar-refractivity contribution in [1.29, 1.82) is 0 Å². The van der Waals surface area contributed by atoms with Crippen LogP contribution in [0.4, 0.5) is 0 Å². The van der Waals surface area contributed by atoms with E-state index in [1.54, 1.807) is 0 Å². The minimum absolute atomic E-state index is 0. The summed E-state index contributed by atoms with van der Waals surface area (Å²) in [5.41, 5.74) is 11.1. The van der Waals surface area contributed by atoms with Crippen LogP contribution in [0.15, 0.2) is 0 Å². The molecule has 0 spiro atoms. The van der Waals surface area contributed by atoms with Gasteiger partial charge >= 0.3 is 0 Å².